The first-order valence-corrected chi connectivity index (χ1v) is 6.83. The molecule has 0 aliphatic heterocycles. The minimum atomic E-state index is -0.810. The number of nitrogen functional groups attached to an aromatic ring is 1. The van der Waals surface area contributed by atoms with Gasteiger partial charge in [-0.2, -0.15) is 0 Å². The fourth-order valence-electron chi connectivity index (χ4n) is 1.71. The average Bonchev–Trinajstić information content (AvgIpc) is 2.50. The highest BCUT2D eigenvalue weighted by molar-refractivity contribution is 7.84. The number of hydrogen-bond donors (Lipinski definition) is 1. The molecule has 4 nitrogen and oxygen atoms in total. The Kier molecular flexibility index (Phi) is 2.96. The van der Waals surface area contributed by atoms with E-state index in [4.69, 9.17) is 5.73 Å². The van der Waals surface area contributed by atoms with Crippen LogP contribution in [-0.2, 0) is 17.3 Å². The maximum atomic E-state index is 11.1. The van der Waals surface area contributed by atoms with Crippen molar-refractivity contribution in [2.45, 2.75) is 13.5 Å². The Bertz CT molecular complexity index is 547. The van der Waals surface area contributed by atoms with Crippen LogP contribution >= 0.6 is 0 Å². The highest BCUT2D eigenvalue weighted by Gasteiger charge is 2.08. The zero-order valence-corrected chi connectivity index (χ0v) is 10.3. The molecule has 0 aliphatic rings. The molecule has 1 aromatic carbocycles. The average molecular weight is 237 g/mol. The number of nitrogens with zero attached hydrogens (tertiary/aromatic N) is 2. The van der Waals surface area contributed by atoms with E-state index < -0.39 is 10.8 Å². The molecule has 1 atom stereocenters. The Labute approximate surface area is 96.9 Å². The maximum Gasteiger partial charge on any atom is 0.201 e. The van der Waals surface area contributed by atoms with Gasteiger partial charge >= 0.3 is 0 Å². The van der Waals surface area contributed by atoms with Crippen molar-refractivity contribution in [2.24, 2.45) is 0 Å². The molecule has 86 valence electrons. The van der Waals surface area contributed by atoms with E-state index in [1.54, 1.807) is 6.26 Å². The van der Waals surface area contributed by atoms with E-state index in [-0.39, 0.29) is 0 Å². The van der Waals surface area contributed by atoms with Crippen molar-refractivity contribution >= 4 is 27.8 Å². The lowest BCUT2D eigenvalue weighted by atomic mass is 10.2. The van der Waals surface area contributed by atoms with E-state index in [1.807, 2.05) is 29.7 Å². The highest BCUT2D eigenvalue weighted by Crippen LogP contribution is 2.18. The number of anilines is 1. The van der Waals surface area contributed by atoms with Crippen LogP contribution in [0.5, 0.6) is 0 Å². The van der Waals surface area contributed by atoms with Gasteiger partial charge in [0.1, 0.15) is 0 Å². The van der Waals surface area contributed by atoms with E-state index in [0.717, 1.165) is 16.6 Å². The number of aromatic nitrogens is 2. The van der Waals surface area contributed by atoms with E-state index in [2.05, 4.69) is 4.98 Å². The van der Waals surface area contributed by atoms with Gasteiger partial charge in [-0.1, -0.05) is 6.07 Å². The molecule has 1 heterocycles. The maximum absolute atomic E-state index is 11.1. The number of benzene rings is 1. The lowest BCUT2D eigenvalue weighted by Crippen LogP contribution is -2.09. The van der Waals surface area contributed by atoms with Crippen LogP contribution in [0.2, 0.25) is 0 Å². The van der Waals surface area contributed by atoms with Crippen molar-refractivity contribution in [3.63, 3.8) is 0 Å². The van der Waals surface area contributed by atoms with Crippen LogP contribution in [0, 0.1) is 6.92 Å². The van der Waals surface area contributed by atoms with Crippen LogP contribution in [0.25, 0.3) is 11.0 Å². The molecule has 2 rings (SSSR count). The molecule has 0 spiro atoms. The minimum Gasteiger partial charge on any atom is -0.369 e. The molecule has 16 heavy (non-hydrogen) atoms. The van der Waals surface area contributed by atoms with Crippen LogP contribution in [0.3, 0.4) is 0 Å². The number of nitrogens with two attached hydrogens (primary N) is 1. The predicted molar refractivity (Wildman–Crippen MR) is 67.8 cm³/mol. The third kappa shape index (κ3) is 2.09. The summed E-state index contributed by atoms with van der Waals surface area (Å²) in [6.07, 6.45) is 1.69. The smallest absolute Gasteiger partial charge is 0.201 e. The van der Waals surface area contributed by atoms with E-state index in [9.17, 15) is 4.21 Å². The number of hydrogen-bond acceptors (Lipinski definition) is 3. The van der Waals surface area contributed by atoms with Gasteiger partial charge < -0.3 is 10.3 Å². The molecule has 0 radical (unpaired) electrons. The van der Waals surface area contributed by atoms with E-state index in [0.29, 0.717) is 18.2 Å². The molecule has 0 saturated heterocycles. The number of rotatable bonds is 3. The zero-order chi connectivity index (χ0) is 11.7. The third-order valence-electron chi connectivity index (χ3n) is 2.54. The fourth-order valence-corrected chi connectivity index (χ4v) is 2.15. The van der Waals surface area contributed by atoms with Crippen LogP contribution < -0.4 is 5.73 Å². The SMILES string of the molecule is Cc1ccc2c(c1)nc(N)n2CCS(C)=O. The quantitative estimate of drug-likeness (QED) is 0.875. The Morgan fingerprint density at radius 2 is 2.25 bits per heavy atom. The van der Waals surface area contributed by atoms with Crippen molar-refractivity contribution in [3.05, 3.63) is 23.8 Å². The van der Waals surface area contributed by atoms with Crippen molar-refractivity contribution in [1.29, 1.82) is 0 Å². The standard InChI is InChI=1S/C11H15N3OS/c1-8-3-4-10-9(7-8)13-11(12)14(10)5-6-16(2)15/h3-4,7H,5-6H2,1-2H3,(H2,12,13). The van der Waals surface area contributed by atoms with Gasteiger partial charge in [-0.15, -0.1) is 0 Å². The van der Waals surface area contributed by atoms with Crippen molar-refractivity contribution < 1.29 is 4.21 Å². The van der Waals surface area contributed by atoms with Crippen molar-refractivity contribution in [1.82, 2.24) is 9.55 Å². The molecular formula is C11H15N3OS. The third-order valence-corrected chi connectivity index (χ3v) is 3.29. The fraction of sp³-hybridized carbons (Fsp3) is 0.364. The van der Waals surface area contributed by atoms with Crippen LogP contribution in [0.4, 0.5) is 5.95 Å². The molecule has 0 fully saturated rings. The normalized spacial score (nSPS) is 13.1. The lowest BCUT2D eigenvalue weighted by molar-refractivity contribution is 0.680. The van der Waals surface area contributed by atoms with Crippen LogP contribution in [0.1, 0.15) is 5.56 Å². The van der Waals surface area contributed by atoms with Crippen LogP contribution in [-0.4, -0.2) is 25.8 Å². The second-order valence-electron chi connectivity index (χ2n) is 3.89. The number of imidazole rings is 1. The first kappa shape index (κ1) is 11.1. The Balaban J connectivity index is 2.43. The van der Waals surface area contributed by atoms with Gasteiger partial charge in [0.25, 0.3) is 0 Å². The van der Waals surface area contributed by atoms with Crippen LogP contribution in [0.15, 0.2) is 18.2 Å². The monoisotopic (exact) mass is 237 g/mol. The first-order chi connectivity index (χ1) is 7.58. The first-order valence-electron chi connectivity index (χ1n) is 5.10. The second kappa shape index (κ2) is 4.25. The number of fused-ring (bicyclic) bond motifs is 1. The Morgan fingerprint density at radius 3 is 2.94 bits per heavy atom. The molecule has 0 aliphatic carbocycles. The molecule has 2 aromatic rings. The van der Waals surface area contributed by atoms with Crippen molar-refractivity contribution in [2.75, 3.05) is 17.7 Å². The van der Waals surface area contributed by atoms with Gasteiger partial charge in [0.05, 0.1) is 11.0 Å². The molecule has 5 heteroatoms. The summed E-state index contributed by atoms with van der Waals surface area (Å²) in [7, 11) is -0.810. The van der Waals surface area contributed by atoms with Gasteiger partial charge in [-0.25, -0.2) is 4.98 Å². The summed E-state index contributed by atoms with van der Waals surface area (Å²) in [6, 6.07) is 6.04. The highest BCUT2D eigenvalue weighted by atomic mass is 32.2. The zero-order valence-electron chi connectivity index (χ0n) is 9.43. The summed E-state index contributed by atoms with van der Waals surface area (Å²) in [5, 5.41) is 0. The molecule has 0 bridgehead atoms. The number of aryl methyl sites for hydroxylation is 2. The summed E-state index contributed by atoms with van der Waals surface area (Å²) in [6.45, 7) is 2.67. The summed E-state index contributed by atoms with van der Waals surface area (Å²) in [4.78, 5) is 4.29. The van der Waals surface area contributed by atoms with E-state index in [1.165, 1.54) is 0 Å². The Hall–Kier alpha value is -1.36. The lowest BCUT2D eigenvalue weighted by Gasteiger charge is -2.04. The van der Waals surface area contributed by atoms with Gasteiger partial charge in [0, 0.05) is 29.4 Å². The summed E-state index contributed by atoms with van der Waals surface area (Å²) >= 11 is 0. The minimum absolute atomic E-state index is 0.492. The molecule has 0 amide bonds. The van der Waals surface area contributed by atoms with Gasteiger partial charge in [-0.05, 0) is 24.6 Å². The second-order valence-corrected chi connectivity index (χ2v) is 5.45. The topological polar surface area (TPSA) is 60.9 Å². The molecule has 1 unspecified atom stereocenters. The van der Waals surface area contributed by atoms with E-state index >= 15 is 0 Å². The molecule has 0 saturated carbocycles. The van der Waals surface area contributed by atoms with Gasteiger partial charge in [-0.3, -0.25) is 4.21 Å². The van der Waals surface area contributed by atoms with Crippen molar-refractivity contribution in [3.8, 4) is 0 Å². The van der Waals surface area contributed by atoms with Gasteiger partial charge in [0.2, 0.25) is 5.95 Å². The summed E-state index contributed by atoms with van der Waals surface area (Å²) < 4.78 is 13.0. The molecule has 1 aromatic heterocycles. The predicted octanol–water partition coefficient (Wildman–Crippen LogP) is 1.31. The summed E-state index contributed by atoms with van der Waals surface area (Å²) in [5.74, 6) is 1.09. The summed E-state index contributed by atoms with van der Waals surface area (Å²) in [5.41, 5.74) is 8.92. The Morgan fingerprint density at radius 1 is 1.50 bits per heavy atom. The largest absolute Gasteiger partial charge is 0.369 e. The molecule has 2 N–H and O–H groups in total. The molecular weight excluding hydrogens is 222 g/mol. The van der Waals surface area contributed by atoms with Gasteiger partial charge in [0.15, 0.2) is 0 Å².